The molecule has 0 spiro atoms. The Kier molecular flexibility index (Phi) is 8.31. The van der Waals surface area contributed by atoms with Crippen molar-refractivity contribution < 1.29 is 19.2 Å². The maximum atomic E-state index is 14.0. The van der Waals surface area contributed by atoms with Crippen molar-refractivity contribution in [1.82, 2.24) is 25.0 Å². The van der Waals surface area contributed by atoms with Gasteiger partial charge in [-0.25, -0.2) is 0 Å². The molecule has 2 N–H and O–H groups in total. The number of H-pyrrole nitrogens is 1. The van der Waals surface area contributed by atoms with E-state index < -0.39 is 6.04 Å². The molecule has 0 radical (unpaired) electrons. The van der Waals surface area contributed by atoms with Gasteiger partial charge in [0, 0.05) is 104 Å². The van der Waals surface area contributed by atoms with Crippen LogP contribution in [0, 0.1) is 0 Å². The zero-order valence-corrected chi connectivity index (χ0v) is 31.0. The van der Waals surface area contributed by atoms with Crippen LogP contribution in [0.5, 0.6) is 0 Å². The molecular weight excluding hydrogens is 665 g/mol. The average Bonchev–Trinajstić information content (AvgIpc) is 3.72. The summed E-state index contributed by atoms with van der Waals surface area (Å²) in [5.41, 5.74) is 9.87. The molecule has 53 heavy (non-hydrogen) atoms. The fourth-order valence-electron chi connectivity index (χ4n) is 9.77. The SMILES string of the molecule is CCc1cc2c(cc1N1CCC(N3CCN(Cc4ccc5c(c4)CN(C4CCC(=O)NC4=O)C5=O)CC3)CC1)C(C)(C)c1[nH]c3ccccc3c1C2=O. The second-order valence-electron chi connectivity index (χ2n) is 16.2. The number of nitrogens with zero attached hydrogens (tertiary/aromatic N) is 4. The van der Waals surface area contributed by atoms with E-state index >= 15 is 0 Å². The molecule has 10 heteroatoms. The number of piperazine rings is 1. The summed E-state index contributed by atoms with van der Waals surface area (Å²) in [6.07, 6.45) is 3.77. The number of carbonyl (C=O) groups excluding carboxylic acids is 4. The first-order valence-corrected chi connectivity index (χ1v) is 19.4. The molecule has 3 amide bonds. The van der Waals surface area contributed by atoms with Crippen LogP contribution in [0.2, 0.25) is 0 Å². The van der Waals surface area contributed by atoms with Crippen LogP contribution in [0.25, 0.3) is 10.9 Å². The Labute approximate surface area is 310 Å². The first kappa shape index (κ1) is 34.0. The van der Waals surface area contributed by atoms with Gasteiger partial charge in [0.05, 0.1) is 5.56 Å². The van der Waals surface area contributed by atoms with Gasteiger partial charge in [-0.2, -0.15) is 0 Å². The van der Waals surface area contributed by atoms with Gasteiger partial charge in [0.2, 0.25) is 11.8 Å². The van der Waals surface area contributed by atoms with E-state index in [1.807, 2.05) is 24.3 Å². The quantitative estimate of drug-likeness (QED) is 0.267. The van der Waals surface area contributed by atoms with Crippen molar-refractivity contribution in [2.45, 2.75) is 83.5 Å². The van der Waals surface area contributed by atoms with Gasteiger partial charge in [0.1, 0.15) is 6.04 Å². The molecule has 9 rings (SSSR count). The molecule has 3 aromatic carbocycles. The van der Waals surface area contributed by atoms with Gasteiger partial charge in [0.15, 0.2) is 5.78 Å². The van der Waals surface area contributed by atoms with Crippen LogP contribution in [-0.4, -0.2) is 94.5 Å². The Morgan fingerprint density at radius 2 is 1.62 bits per heavy atom. The minimum Gasteiger partial charge on any atom is -0.371 e. The maximum absolute atomic E-state index is 14.0. The average molecular weight is 713 g/mol. The highest BCUT2D eigenvalue weighted by Crippen LogP contribution is 2.46. The van der Waals surface area contributed by atoms with Gasteiger partial charge >= 0.3 is 0 Å². The third kappa shape index (κ3) is 5.69. The summed E-state index contributed by atoms with van der Waals surface area (Å²) in [7, 11) is 0. The number of anilines is 1. The van der Waals surface area contributed by atoms with Crippen LogP contribution < -0.4 is 10.2 Å². The number of imide groups is 1. The monoisotopic (exact) mass is 712 g/mol. The molecule has 274 valence electrons. The number of aromatic amines is 1. The number of amides is 3. The maximum Gasteiger partial charge on any atom is 0.255 e. The summed E-state index contributed by atoms with van der Waals surface area (Å²) in [5, 5.41) is 3.40. The predicted molar refractivity (Wildman–Crippen MR) is 204 cm³/mol. The molecule has 1 aliphatic carbocycles. The molecule has 5 heterocycles. The Balaban J connectivity index is 0.824. The number of hydrogen-bond acceptors (Lipinski definition) is 7. The van der Waals surface area contributed by atoms with E-state index in [1.54, 1.807) is 4.90 Å². The van der Waals surface area contributed by atoms with E-state index in [-0.39, 0.29) is 35.3 Å². The van der Waals surface area contributed by atoms with Crippen LogP contribution >= 0.6 is 0 Å². The van der Waals surface area contributed by atoms with Gasteiger partial charge in [-0.15, -0.1) is 0 Å². The van der Waals surface area contributed by atoms with E-state index in [1.165, 1.54) is 16.8 Å². The van der Waals surface area contributed by atoms with Gasteiger partial charge < -0.3 is 14.8 Å². The zero-order valence-electron chi connectivity index (χ0n) is 31.0. The molecule has 1 unspecified atom stereocenters. The minimum atomic E-state index is -0.588. The van der Waals surface area contributed by atoms with Crippen molar-refractivity contribution in [3.05, 3.63) is 99.2 Å². The van der Waals surface area contributed by atoms with E-state index in [0.717, 1.165) is 104 Å². The second-order valence-corrected chi connectivity index (χ2v) is 16.2. The number of carbonyl (C=O) groups is 4. The smallest absolute Gasteiger partial charge is 0.255 e. The van der Waals surface area contributed by atoms with Crippen LogP contribution in [0.15, 0.2) is 54.6 Å². The Morgan fingerprint density at radius 1 is 0.849 bits per heavy atom. The molecule has 1 aromatic heterocycles. The molecule has 3 saturated heterocycles. The van der Waals surface area contributed by atoms with Gasteiger partial charge in [-0.05, 0) is 72.2 Å². The molecule has 5 aliphatic rings. The summed E-state index contributed by atoms with van der Waals surface area (Å²) < 4.78 is 0. The lowest BCUT2D eigenvalue weighted by atomic mass is 9.70. The van der Waals surface area contributed by atoms with Crippen LogP contribution in [-0.2, 0) is 34.5 Å². The standard InChI is InChI=1S/C43H48N6O4/c1-4-27-22-32-33(43(2,3)40-38(39(32)51)31-7-5-6-8-34(31)44-40)23-36(27)48-15-13-29(14-16-48)47-19-17-46(18-20-47)24-26-9-10-30-28(21-26)25-49(42(30)53)35-11-12-37(50)45-41(35)52/h5-10,21-23,29,35,44H,4,11-20,24-25H2,1-3H3,(H,45,50,52). The predicted octanol–water partition coefficient (Wildman–Crippen LogP) is 5.15. The lowest BCUT2D eigenvalue weighted by Gasteiger charge is -2.44. The van der Waals surface area contributed by atoms with Crippen LogP contribution in [0.4, 0.5) is 5.69 Å². The second kappa shape index (κ2) is 13.0. The normalized spacial score (nSPS) is 22.3. The Morgan fingerprint density at radius 3 is 2.38 bits per heavy atom. The Bertz CT molecular complexity index is 2170. The topological polar surface area (TPSA) is 109 Å². The highest BCUT2D eigenvalue weighted by Gasteiger charge is 2.42. The molecular formula is C43H48N6O4. The fourth-order valence-corrected chi connectivity index (χ4v) is 9.77. The molecule has 1 atom stereocenters. The molecule has 3 fully saturated rings. The van der Waals surface area contributed by atoms with E-state index in [2.05, 4.69) is 76.1 Å². The van der Waals surface area contributed by atoms with E-state index in [4.69, 9.17) is 0 Å². The zero-order chi connectivity index (χ0) is 36.6. The van der Waals surface area contributed by atoms with Crippen molar-refractivity contribution >= 4 is 40.1 Å². The Hall–Kier alpha value is -4.80. The van der Waals surface area contributed by atoms with E-state index in [9.17, 15) is 19.2 Å². The van der Waals surface area contributed by atoms with Crippen LogP contribution in [0.3, 0.4) is 0 Å². The van der Waals surface area contributed by atoms with Crippen molar-refractivity contribution in [3.8, 4) is 0 Å². The summed E-state index contributed by atoms with van der Waals surface area (Å²) in [5.74, 6) is -0.634. The third-order valence-corrected chi connectivity index (χ3v) is 12.8. The summed E-state index contributed by atoms with van der Waals surface area (Å²) in [4.78, 5) is 64.2. The number of nitrogens with one attached hydrogen (secondary N) is 2. The van der Waals surface area contributed by atoms with Gasteiger partial charge in [-0.3, -0.25) is 34.3 Å². The number of hydrogen-bond donors (Lipinski definition) is 2. The molecule has 0 saturated carbocycles. The highest BCUT2D eigenvalue weighted by molar-refractivity contribution is 6.20. The fraction of sp³-hybridized carbons (Fsp3) is 0.442. The van der Waals surface area contributed by atoms with Crippen molar-refractivity contribution in [1.29, 1.82) is 0 Å². The molecule has 4 aromatic rings. The number of aryl methyl sites for hydroxylation is 1. The third-order valence-electron chi connectivity index (χ3n) is 12.8. The molecule has 4 aliphatic heterocycles. The first-order valence-electron chi connectivity index (χ1n) is 19.4. The number of aromatic nitrogens is 1. The highest BCUT2D eigenvalue weighted by atomic mass is 16.2. The van der Waals surface area contributed by atoms with Gasteiger partial charge in [-0.1, -0.05) is 51.1 Å². The largest absolute Gasteiger partial charge is 0.371 e. The number of benzene rings is 3. The number of ketones is 1. The summed E-state index contributed by atoms with van der Waals surface area (Å²) in [6, 6.07) is 18.7. The number of rotatable bonds is 6. The number of piperidine rings is 2. The minimum absolute atomic E-state index is 0.124. The van der Waals surface area contributed by atoms with Crippen LogP contribution in [0.1, 0.15) is 101 Å². The molecule has 10 nitrogen and oxygen atoms in total. The van der Waals surface area contributed by atoms with E-state index in [0.29, 0.717) is 24.6 Å². The van der Waals surface area contributed by atoms with Crippen molar-refractivity contribution in [3.63, 3.8) is 0 Å². The number of para-hydroxylation sites is 1. The van der Waals surface area contributed by atoms with Gasteiger partial charge in [0.25, 0.3) is 5.91 Å². The van der Waals surface area contributed by atoms with Crippen molar-refractivity contribution in [2.24, 2.45) is 0 Å². The summed E-state index contributed by atoms with van der Waals surface area (Å²) >= 11 is 0. The van der Waals surface area contributed by atoms with Crippen molar-refractivity contribution in [2.75, 3.05) is 44.2 Å². The lowest BCUT2D eigenvalue weighted by molar-refractivity contribution is -0.136. The lowest BCUT2D eigenvalue weighted by Crippen LogP contribution is -2.53. The molecule has 0 bridgehead atoms. The summed E-state index contributed by atoms with van der Waals surface area (Å²) in [6.45, 7) is 14.0. The number of fused-ring (bicyclic) bond motifs is 5. The first-order chi connectivity index (χ1) is 25.6.